The first kappa shape index (κ1) is 23.8. The van der Waals surface area contributed by atoms with Crippen LogP contribution in [0.2, 0.25) is 0 Å². The van der Waals surface area contributed by atoms with E-state index in [-0.39, 0.29) is 6.42 Å². The average molecular weight is 359 g/mol. The average Bonchev–Trinajstić information content (AvgIpc) is 2.71. The summed E-state index contributed by atoms with van der Waals surface area (Å²) < 4.78 is 0. The number of benzene rings is 1. The number of aliphatic carboxylic acids is 1. The summed E-state index contributed by atoms with van der Waals surface area (Å²) in [6.45, 7) is 10.2. The zero-order valence-electron chi connectivity index (χ0n) is 17.0. The lowest BCUT2D eigenvalue weighted by atomic mass is 10.1. The van der Waals surface area contributed by atoms with Crippen LogP contribution in [0, 0.1) is 0 Å². The highest BCUT2D eigenvalue weighted by molar-refractivity contribution is 5.67. The number of nitrogens with zero attached hydrogens (tertiary/aromatic N) is 2. The summed E-state index contributed by atoms with van der Waals surface area (Å²) in [6.07, 6.45) is 8.83. The Morgan fingerprint density at radius 1 is 0.885 bits per heavy atom. The third kappa shape index (κ3) is 9.30. The third-order valence-electron chi connectivity index (χ3n) is 3.61. The number of rotatable bonds is 8. The van der Waals surface area contributed by atoms with Crippen molar-refractivity contribution in [3.05, 3.63) is 47.8 Å². The van der Waals surface area contributed by atoms with E-state index in [1.807, 2.05) is 39.8 Å². The quantitative estimate of drug-likeness (QED) is 0.593. The van der Waals surface area contributed by atoms with E-state index in [1.54, 1.807) is 12.4 Å². The van der Waals surface area contributed by atoms with E-state index >= 15 is 0 Å². The van der Waals surface area contributed by atoms with Crippen LogP contribution < -0.4 is 0 Å². The van der Waals surface area contributed by atoms with Crippen molar-refractivity contribution < 1.29 is 9.90 Å². The molecule has 0 aliphatic rings. The van der Waals surface area contributed by atoms with Crippen molar-refractivity contribution in [1.82, 2.24) is 9.97 Å². The van der Waals surface area contributed by atoms with Gasteiger partial charge in [0.1, 0.15) is 0 Å². The Bertz CT molecular complexity index is 593. The van der Waals surface area contributed by atoms with E-state index in [0.29, 0.717) is 12.2 Å². The summed E-state index contributed by atoms with van der Waals surface area (Å²) in [4.78, 5) is 19.2. The highest BCUT2D eigenvalue weighted by atomic mass is 16.4. The summed E-state index contributed by atoms with van der Waals surface area (Å²) >= 11 is 0. The number of hydrogen-bond acceptors (Lipinski definition) is 3. The van der Waals surface area contributed by atoms with Crippen molar-refractivity contribution in [3.63, 3.8) is 0 Å². The summed E-state index contributed by atoms with van der Waals surface area (Å²) in [6, 6.07) is 8.36. The molecule has 0 unspecified atom stereocenters. The Kier molecular flexibility index (Phi) is 13.8. The standard InChI is InChI=1S/C18H22N2O2.2C2H6/c1-2-3-4-5-14-6-9-16(10-7-14)18-19-12-15(13-20-18)8-11-17(21)22;2*1-2/h6-7,9-10,12-13H,2-5,8,11H2,1H3,(H,21,22);2*1-2H3. The first-order valence-corrected chi connectivity index (χ1v) is 9.81. The minimum Gasteiger partial charge on any atom is -0.481 e. The van der Waals surface area contributed by atoms with Gasteiger partial charge >= 0.3 is 5.97 Å². The molecule has 0 spiro atoms. The maximum absolute atomic E-state index is 10.5. The van der Waals surface area contributed by atoms with Gasteiger partial charge in [0, 0.05) is 24.4 Å². The van der Waals surface area contributed by atoms with Crippen molar-refractivity contribution in [2.45, 2.75) is 73.1 Å². The summed E-state index contributed by atoms with van der Waals surface area (Å²) in [5, 5.41) is 8.67. The SMILES string of the molecule is CC.CC.CCCCCc1ccc(-c2ncc(CCC(=O)O)cn2)cc1. The molecule has 0 amide bonds. The molecule has 2 aromatic rings. The van der Waals surface area contributed by atoms with Gasteiger partial charge in [-0.3, -0.25) is 4.79 Å². The normalized spacial score (nSPS) is 9.42. The second kappa shape index (κ2) is 15.1. The molecule has 4 nitrogen and oxygen atoms in total. The molecular formula is C22H34N2O2. The molecule has 0 radical (unpaired) electrons. The van der Waals surface area contributed by atoms with Crippen molar-refractivity contribution >= 4 is 5.97 Å². The molecule has 0 saturated carbocycles. The lowest BCUT2D eigenvalue weighted by molar-refractivity contribution is -0.136. The molecule has 2 rings (SSSR count). The Morgan fingerprint density at radius 3 is 1.96 bits per heavy atom. The summed E-state index contributed by atoms with van der Waals surface area (Å²) in [5.74, 6) is -0.123. The molecule has 144 valence electrons. The molecule has 1 aromatic carbocycles. The largest absolute Gasteiger partial charge is 0.481 e. The van der Waals surface area contributed by atoms with Crippen LogP contribution in [0.1, 0.15) is 71.4 Å². The van der Waals surface area contributed by atoms with Crippen LogP contribution in [-0.4, -0.2) is 21.0 Å². The zero-order valence-corrected chi connectivity index (χ0v) is 17.0. The first-order chi connectivity index (χ1) is 12.7. The van der Waals surface area contributed by atoms with E-state index in [1.165, 1.54) is 24.8 Å². The van der Waals surface area contributed by atoms with Gasteiger partial charge < -0.3 is 5.11 Å². The molecule has 0 saturated heterocycles. The fourth-order valence-corrected chi connectivity index (χ4v) is 2.28. The van der Waals surface area contributed by atoms with Crippen LogP contribution in [0.5, 0.6) is 0 Å². The molecule has 1 aromatic heterocycles. The summed E-state index contributed by atoms with van der Waals surface area (Å²) in [7, 11) is 0. The maximum Gasteiger partial charge on any atom is 0.303 e. The highest BCUT2D eigenvalue weighted by Gasteiger charge is 2.04. The van der Waals surface area contributed by atoms with Crippen LogP contribution >= 0.6 is 0 Å². The lowest BCUT2D eigenvalue weighted by Gasteiger charge is -2.04. The lowest BCUT2D eigenvalue weighted by Crippen LogP contribution is -1.99. The summed E-state index contributed by atoms with van der Waals surface area (Å²) in [5.41, 5.74) is 3.18. The fourth-order valence-electron chi connectivity index (χ4n) is 2.28. The number of hydrogen-bond donors (Lipinski definition) is 1. The number of carboxylic acid groups (broad SMARTS) is 1. The molecule has 26 heavy (non-hydrogen) atoms. The van der Waals surface area contributed by atoms with E-state index in [4.69, 9.17) is 5.11 Å². The topological polar surface area (TPSA) is 63.1 Å². The smallest absolute Gasteiger partial charge is 0.303 e. The Morgan fingerprint density at radius 2 is 1.46 bits per heavy atom. The minimum atomic E-state index is -0.803. The van der Waals surface area contributed by atoms with Gasteiger partial charge in [-0.25, -0.2) is 9.97 Å². The number of aromatic nitrogens is 2. The predicted molar refractivity (Wildman–Crippen MR) is 109 cm³/mol. The molecule has 0 atom stereocenters. The van der Waals surface area contributed by atoms with Gasteiger partial charge in [0.15, 0.2) is 5.82 Å². The molecule has 0 bridgehead atoms. The predicted octanol–water partition coefficient (Wildman–Crippen LogP) is 5.95. The van der Waals surface area contributed by atoms with Crippen molar-refractivity contribution in [2.24, 2.45) is 0 Å². The molecule has 1 heterocycles. The second-order valence-corrected chi connectivity index (χ2v) is 5.46. The molecule has 0 aliphatic carbocycles. The molecular weight excluding hydrogens is 324 g/mol. The van der Waals surface area contributed by atoms with Gasteiger partial charge in [-0.15, -0.1) is 0 Å². The highest BCUT2D eigenvalue weighted by Crippen LogP contribution is 2.17. The second-order valence-electron chi connectivity index (χ2n) is 5.46. The number of unbranched alkanes of at least 4 members (excludes halogenated alkanes) is 2. The van der Waals surface area contributed by atoms with Crippen LogP contribution in [0.25, 0.3) is 11.4 Å². The van der Waals surface area contributed by atoms with E-state index in [0.717, 1.165) is 17.5 Å². The van der Waals surface area contributed by atoms with Gasteiger partial charge in [0.25, 0.3) is 0 Å². The Labute approximate surface area is 158 Å². The van der Waals surface area contributed by atoms with Gasteiger partial charge in [-0.1, -0.05) is 71.7 Å². The number of carbonyl (C=O) groups is 1. The molecule has 0 fully saturated rings. The van der Waals surface area contributed by atoms with E-state index < -0.39 is 5.97 Å². The molecule has 0 aliphatic heterocycles. The van der Waals surface area contributed by atoms with Crippen molar-refractivity contribution in [3.8, 4) is 11.4 Å². The van der Waals surface area contributed by atoms with Gasteiger partial charge in [-0.05, 0) is 30.4 Å². The van der Waals surface area contributed by atoms with Crippen LogP contribution in [0.3, 0.4) is 0 Å². The van der Waals surface area contributed by atoms with E-state index in [9.17, 15) is 4.79 Å². The van der Waals surface area contributed by atoms with Gasteiger partial charge in [0.2, 0.25) is 0 Å². The maximum atomic E-state index is 10.5. The third-order valence-corrected chi connectivity index (χ3v) is 3.61. The van der Waals surface area contributed by atoms with Crippen molar-refractivity contribution in [1.29, 1.82) is 0 Å². The van der Waals surface area contributed by atoms with Crippen LogP contribution in [0.4, 0.5) is 0 Å². The fraction of sp³-hybridized carbons (Fsp3) is 0.500. The van der Waals surface area contributed by atoms with Gasteiger partial charge in [-0.2, -0.15) is 0 Å². The first-order valence-electron chi connectivity index (χ1n) is 9.81. The number of aryl methyl sites for hydroxylation is 2. The van der Waals surface area contributed by atoms with Gasteiger partial charge in [0.05, 0.1) is 0 Å². The molecule has 1 N–H and O–H groups in total. The number of carboxylic acids is 1. The Hall–Kier alpha value is -2.23. The minimum absolute atomic E-state index is 0.106. The zero-order chi connectivity index (χ0) is 19.8. The van der Waals surface area contributed by atoms with Crippen LogP contribution in [-0.2, 0) is 17.6 Å². The monoisotopic (exact) mass is 358 g/mol. The Balaban J connectivity index is 0.00000146. The van der Waals surface area contributed by atoms with Crippen molar-refractivity contribution in [2.75, 3.05) is 0 Å². The van der Waals surface area contributed by atoms with Crippen LogP contribution in [0.15, 0.2) is 36.7 Å². The molecule has 4 heteroatoms. The van der Waals surface area contributed by atoms with E-state index in [2.05, 4.69) is 29.0 Å².